The minimum atomic E-state index is -0.0716. The number of nitrogens with one attached hydrogen (secondary N) is 1. The lowest BCUT2D eigenvalue weighted by Gasteiger charge is -2.12. The van der Waals surface area contributed by atoms with Crippen molar-refractivity contribution in [2.45, 2.75) is 6.61 Å². The van der Waals surface area contributed by atoms with E-state index in [1.165, 1.54) is 0 Å². The lowest BCUT2D eigenvalue weighted by Crippen LogP contribution is -2.14. The van der Waals surface area contributed by atoms with E-state index in [-0.39, 0.29) is 12.4 Å². The highest BCUT2D eigenvalue weighted by atomic mass is 16.5. The van der Waals surface area contributed by atoms with E-state index in [2.05, 4.69) is 4.98 Å². The molecule has 5 nitrogen and oxygen atoms in total. The smallest absolute Gasteiger partial charge is 0.146 e. The molecule has 0 fully saturated rings. The Balaban J connectivity index is 2.05. The Labute approximate surface area is 115 Å². The molecule has 0 saturated carbocycles. The van der Waals surface area contributed by atoms with Gasteiger partial charge in [-0.25, -0.2) is 0 Å². The van der Waals surface area contributed by atoms with Gasteiger partial charge in [-0.1, -0.05) is 12.1 Å². The number of rotatable bonds is 4. The van der Waals surface area contributed by atoms with E-state index in [0.29, 0.717) is 17.1 Å². The third kappa shape index (κ3) is 2.21. The Morgan fingerprint density at radius 1 is 1.25 bits per heavy atom. The number of benzene rings is 1. The molecule has 0 aliphatic heterocycles. The number of hydrogen-bond acceptors (Lipinski definition) is 4. The number of amidine groups is 1. The molecule has 0 aliphatic carbocycles. The summed E-state index contributed by atoms with van der Waals surface area (Å²) in [5, 5.41) is 8.46. The third-order valence-electron chi connectivity index (χ3n) is 2.96. The molecule has 0 amide bonds. The first kappa shape index (κ1) is 12.2. The highest BCUT2D eigenvalue weighted by Crippen LogP contribution is 2.28. The summed E-state index contributed by atoms with van der Waals surface area (Å²) in [4.78, 5) is 4.28. The van der Waals surface area contributed by atoms with E-state index in [9.17, 15) is 0 Å². The summed E-state index contributed by atoms with van der Waals surface area (Å²) in [6.07, 6.45) is 3.15. The molecule has 5 heteroatoms. The summed E-state index contributed by atoms with van der Waals surface area (Å²) in [6.45, 7) is 0.279. The number of nitrogen functional groups attached to an aromatic ring is 1. The molecule has 2 heterocycles. The zero-order chi connectivity index (χ0) is 13.9. The maximum atomic E-state index is 7.64. The molecular weight excluding hydrogens is 254 g/mol. The maximum absolute atomic E-state index is 7.64. The number of pyridine rings is 1. The Bertz CT molecular complexity index is 751. The van der Waals surface area contributed by atoms with Gasteiger partial charge in [-0.05, 0) is 24.3 Å². The quantitative estimate of drug-likeness (QED) is 0.562. The predicted molar refractivity (Wildman–Crippen MR) is 75.8 cm³/mol. The van der Waals surface area contributed by atoms with Crippen molar-refractivity contribution in [3.05, 3.63) is 60.2 Å². The normalized spacial score (nSPS) is 10.6. The first-order valence-electron chi connectivity index (χ1n) is 6.13. The van der Waals surface area contributed by atoms with Crippen molar-refractivity contribution in [1.29, 1.82) is 5.41 Å². The second-order valence-electron chi connectivity index (χ2n) is 4.30. The summed E-state index contributed by atoms with van der Waals surface area (Å²) in [7, 11) is 0. The number of furan rings is 1. The highest BCUT2D eigenvalue weighted by Gasteiger charge is 2.13. The van der Waals surface area contributed by atoms with Crippen LogP contribution in [0.5, 0.6) is 5.75 Å². The van der Waals surface area contributed by atoms with E-state index in [4.69, 9.17) is 20.3 Å². The van der Waals surface area contributed by atoms with Gasteiger partial charge < -0.3 is 14.9 Å². The van der Waals surface area contributed by atoms with Crippen LogP contribution in [-0.4, -0.2) is 10.8 Å². The topological polar surface area (TPSA) is 85.1 Å². The fourth-order valence-electron chi connectivity index (χ4n) is 2.00. The predicted octanol–water partition coefficient (Wildman–Crippen LogP) is 2.69. The van der Waals surface area contributed by atoms with Crippen molar-refractivity contribution in [2.75, 3.05) is 0 Å². The number of ether oxygens (including phenoxy) is 1. The highest BCUT2D eigenvalue weighted by molar-refractivity contribution is 6.02. The molecule has 0 radical (unpaired) electrons. The fraction of sp³-hybridized carbons (Fsp3) is 0.0667. The average Bonchev–Trinajstić information content (AvgIpc) is 2.97. The number of para-hydroxylation sites is 1. The van der Waals surface area contributed by atoms with Crippen molar-refractivity contribution in [3.8, 4) is 5.75 Å². The van der Waals surface area contributed by atoms with Gasteiger partial charge in [-0.3, -0.25) is 10.4 Å². The molecule has 2 aromatic heterocycles. The molecule has 0 aliphatic rings. The first-order valence-corrected chi connectivity index (χ1v) is 6.13. The van der Waals surface area contributed by atoms with Crippen LogP contribution < -0.4 is 10.5 Å². The molecule has 0 bridgehead atoms. The number of nitrogens with two attached hydrogens (primary N) is 1. The van der Waals surface area contributed by atoms with Gasteiger partial charge in [-0.2, -0.15) is 0 Å². The van der Waals surface area contributed by atoms with Crippen molar-refractivity contribution >= 4 is 16.7 Å². The van der Waals surface area contributed by atoms with Gasteiger partial charge in [0.1, 0.15) is 24.0 Å². The monoisotopic (exact) mass is 267 g/mol. The Morgan fingerprint density at radius 3 is 2.85 bits per heavy atom. The molecule has 0 unspecified atom stereocenters. The van der Waals surface area contributed by atoms with Crippen LogP contribution in [0.3, 0.4) is 0 Å². The molecule has 100 valence electrons. The molecule has 3 aromatic rings. The number of fused-ring (bicyclic) bond motifs is 1. The molecular formula is C15H13N3O2. The van der Waals surface area contributed by atoms with E-state index < -0.39 is 0 Å². The van der Waals surface area contributed by atoms with Gasteiger partial charge in [0.25, 0.3) is 0 Å². The van der Waals surface area contributed by atoms with Crippen LogP contribution in [0.4, 0.5) is 0 Å². The van der Waals surface area contributed by atoms with Crippen LogP contribution in [-0.2, 0) is 6.61 Å². The second-order valence-corrected chi connectivity index (χ2v) is 4.30. The zero-order valence-electron chi connectivity index (χ0n) is 10.7. The first-order chi connectivity index (χ1) is 9.75. The number of hydrogen-bond donors (Lipinski definition) is 2. The summed E-state index contributed by atoms with van der Waals surface area (Å²) in [6, 6.07) is 11.2. The van der Waals surface area contributed by atoms with E-state index in [1.54, 1.807) is 18.5 Å². The van der Waals surface area contributed by atoms with Gasteiger partial charge in [0.05, 0.1) is 17.3 Å². The Kier molecular flexibility index (Phi) is 3.09. The molecule has 0 atom stereocenters. The van der Waals surface area contributed by atoms with Crippen LogP contribution in [0.1, 0.15) is 11.3 Å². The second kappa shape index (κ2) is 5.05. The van der Waals surface area contributed by atoms with Crippen LogP contribution in [0.25, 0.3) is 10.9 Å². The van der Waals surface area contributed by atoms with E-state index >= 15 is 0 Å². The molecule has 3 rings (SSSR count). The lowest BCUT2D eigenvalue weighted by atomic mass is 10.1. The molecule has 1 aromatic carbocycles. The molecule has 0 spiro atoms. The van der Waals surface area contributed by atoms with E-state index in [0.717, 1.165) is 10.9 Å². The van der Waals surface area contributed by atoms with Crippen molar-refractivity contribution in [3.63, 3.8) is 0 Å². The van der Waals surface area contributed by atoms with Crippen LogP contribution >= 0.6 is 0 Å². The van der Waals surface area contributed by atoms with Gasteiger partial charge in [0.2, 0.25) is 0 Å². The van der Waals surface area contributed by atoms with Crippen LogP contribution in [0, 0.1) is 5.41 Å². The minimum absolute atomic E-state index is 0.0716. The zero-order valence-corrected chi connectivity index (χ0v) is 10.7. The standard InChI is InChI=1S/C15H13N3O2/c16-15(17)12-8-18-13-6-2-1-5-11(13)14(12)20-9-10-4-3-7-19-10/h1-8H,9H2,(H3,16,17). The SMILES string of the molecule is N=C(N)c1cnc2ccccc2c1OCc1ccco1. The summed E-state index contributed by atoms with van der Waals surface area (Å²) < 4.78 is 11.0. The summed E-state index contributed by atoms with van der Waals surface area (Å²) in [5.74, 6) is 1.19. The van der Waals surface area contributed by atoms with Crippen LogP contribution in [0.2, 0.25) is 0 Å². The minimum Gasteiger partial charge on any atom is -0.484 e. The summed E-state index contributed by atoms with van der Waals surface area (Å²) in [5.41, 5.74) is 6.87. The molecule has 20 heavy (non-hydrogen) atoms. The summed E-state index contributed by atoms with van der Waals surface area (Å²) >= 11 is 0. The van der Waals surface area contributed by atoms with Crippen molar-refractivity contribution < 1.29 is 9.15 Å². The molecule has 0 saturated heterocycles. The van der Waals surface area contributed by atoms with Crippen molar-refractivity contribution in [2.24, 2.45) is 5.73 Å². The largest absolute Gasteiger partial charge is 0.484 e. The van der Waals surface area contributed by atoms with Gasteiger partial charge >= 0.3 is 0 Å². The number of nitrogens with zero attached hydrogens (tertiary/aromatic N) is 1. The maximum Gasteiger partial charge on any atom is 0.146 e. The Hall–Kier alpha value is -2.82. The van der Waals surface area contributed by atoms with Gasteiger partial charge in [0.15, 0.2) is 0 Å². The number of aromatic nitrogens is 1. The Morgan fingerprint density at radius 2 is 2.10 bits per heavy atom. The van der Waals surface area contributed by atoms with Gasteiger partial charge in [-0.15, -0.1) is 0 Å². The van der Waals surface area contributed by atoms with E-state index in [1.807, 2.05) is 30.3 Å². The van der Waals surface area contributed by atoms with Gasteiger partial charge in [0, 0.05) is 11.6 Å². The fourth-order valence-corrected chi connectivity index (χ4v) is 2.00. The van der Waals surface area contributed by atoms with Crippen molar-refractivity contribution in [1.82, 2.24) is 4.98 Å². The average molecular weight is 267 g/mol. The van der Waals surface area contributed by atoms with Crippen LogP contribution in [0.15, 0.2) is 53.3 Å². The molecule has 3 N–H and O–H groups in total. The lowest BCUT2D eigenvalue weighted by molar-refractivity contribution is 0.272. The third-order valence-corrected chi connectivity index (χ3v) is 2.96.